The van der Waals surface area contributed by atoms with Crippen molar-refractivity contribution < 1.29 is 4.74 Å². The van der Waals surface area contributed by atoms with Crippen LogP contribution in [-0.4, -0.2) is 26.4 Å². The van der Waals surface area contributed by atoms with Crippen LogP contribution in [0.5, 0.6) is 0 Å². The standard InChI is InChI=1S/C18H20ClN5O/c1-11-7-14-15(8-12(11)2)22-18(19)23-17(14)21-13-9-20-24(10-13)16-5-3-4-6-25-16/h7-10,16H,3-6H2,1-2H3,(H,21,22,23). The summed E-state index contributed by atoms with van der Waals surface area (Å²) in [4.78, 5) is 8.70. The molecule has 0 amide bonds. The molecule has 0 bridgehead atoms. The molecule has 1 aliphatic rings. The van der Waals surface area contributed by atoms with Gasteiger partial charge < -0.3 is 10.1 Å². The molecule has 4 rings (SSSR count). The molecule has 0 aliphatic carbocycles. The molecule has 1 N–H and O–H groups in total. The van der Waals surface area contributed by atoms with E-state index < -0.39 is 0 Å². The molecule has 1 aliphatic heterocycles. The highest BCUT2D eigenvalue weighted by Crippen LogP contribution is 2.28. The number of hydrogen-bond acceptors (Lipinski definition) is 5. The van der Waals surface area contributed by atoms with Crippen LogP contribution in [0.3, 0.4) is 0 Å². The molecule has 1 unspecified atom stereocenters. The van der Waals surface area contributed by atoms with E-state index in [1.165, 1.54) is 11.1 Å². The molecule has 1 saturated heterocycles. The number of benzene rings is 1. The number of aryl methyl sites for hydroxylation is 2. The molecule has 1 atom stereocenters. The van der Waals surface area contributed by atoms with E-state index in [1.807, 2.05) is 16.9 Å². The maximum absolute atomic E-state index is 6.11. The number of ether oxygens (including phenoxy) is 1. The molecule has 0 radical (unpaired) electrons. The van der Waals surface area contributed by atoms with Crippen molar-refractivity contribution in [2.24, 2.45) is 0 Å². The summed E-state index contributed by atoms with van der Waals surface area (Å²) in [6.07, 6.45) is 7.01. The van der Waals surface area contributed by atoms with Crippen LogP contribution in [0.25, 0.3) is 10.9 Å². The lowest BCUT2D eigenvalue weighted by Gasteiger charge is -2.22. The number of fused-ring (bicyclic) bond motifs is 1. The molecule has 3 aromatic rings. The van der Waals surface area contributed by atoms with E-state index >= 15 is 0 Å². The first-order valence-corrected chi connectivity index (χ1v) is 8.85. The Hall–Kier alpha value is -2.18. The lowest BCUT2D eigenvalue weighted by atomic mass is 10.1. The summed E-state index contributed by atoms with van der Waals surface area (Å²) in [6, 6.07) is 4.11. The minimum absolute atomic E-state index is 0.0138. The summed E-state index contributed by atoms with van der Waals surface area (Å²) < 4.78 is 7.63. The first-order valence-electron chi connectivity index (χ1n) is 8.47. The quantitative estimate of drug-likeness (QED) is 0.697. The van der Waals surface area contributed by atoms with Crippen molar-refractivity contribution in [3.63, 3.8) is 0 Å². The van der Waals surface area contributed by atoms with Crippen LogP contribution in [0.15, 0.2) is 24.5 Å². The van der Waals surface area contributed by atoms with Gasteiger partial charge in [-0.05, 0) is 68.0 Å². The van der Waals surface area contributed by atoms with Crippen molar-refractivity contribution in [1.82, 2.24) is 19.7 Å². The zero-order valence-electron chi connectivity index (χ0n) is 14.3. The Morgan fingerprint density at radius 3 is 2.84 bits per heavy atom. The van der Waals surface area contributed by atoms with E-state index in [4.69, 9.17) is 16.3 Å². The average Bonchev–Trinajstić information content (AvgIpc) is 3.06. The second-order valence-corrected chi connectivity index (χ2v) is 6.79. The fourth-order valence-electron chi connectivity index (χ4n) is 3.08. The Balaban J connectivity index is 1.66. The van der Waals surface area contributed by atoms with E-state index in [1.54, 1.807) is 6.20 Å². The van der Waals surface area contributed by atoms with E-state index in [0.29, 0.717) is 5.82 Å². The van der Waals surface area contributed by atoms with Crippen molar-refractivity contribution in [1.29, 1.82) is 0 Å². The van der Waals surface area contributed by atoms with Gasteiger partial charge in [-0.1, -0.05) is 0 Å². The Morgan fingerprint density at radius 1 is 1.20 bits per heavy atom. The fourth-order valence-corrected chi connectivity index (χ4v) is 3.26. The average molecular weight is 358 g/mol. The molecular weight excluding hydrogens is 338 g/mol. The maximum atomic E-state index is 6.11. The molecule has 25 heavy (non-hydrogen) atoms. The van der Waals surface area contributed by atoms with Gasteiger partial charge in [-0.15, -0.1) is 0 Å². The van der Waals surface area contributed by atoms with Gasteiger partial charge in [-0.2, -0.15) is 10.1 Å². The highest BCUT2D eigenvalue weighted by atomic mass is 35.5. The van der Waals surface area contributed by atoms with Crippen LogP contribution < -0.4 is 5.32 Å². The number of halogens is 1. The van der Waals surface area contributed by atoms with Crippen LogP contribution in [0.2, 0.25) is 5.28 Å². The summed E-state index contributed by atoms with van der Waals surface area (Å²) in [6.45, 7) is 4.93. The molecule has 7 heteroatoms. The molecule has 130 valence electrons. The zero-order chi connectivity index (χ0) is 17.4. The van der Waals surface area contributed by atoms with Gasteiger partial charge in [-0.3, -0.25) is 0 Å². The van der Waals surface area contributed by atoms with Crippen LogP contribution >= 0.6 is 11.6 Å². The third-order valence-corrected chi connectivity index (χ3v) is 4.77. The lowest BCUT2D eigenvalue weighted by molar-refractivity contribution is -0.0394. The summed E-state index contributed by atoms with van der Waals surface area (Å²) in [7, 11) is 0. The Morgan fingerprint density at radius 2 is 2.04 bits per heavy atom. The van der Waals surface area contributed by atoms with Gasteiger partial charge >= 0.3 is 0 Å². The van der Waals surface area contributed by atoms with Gasteiger partial charge in [0.15, 0.2) is 0 Å². The monoisotopic (exact) mass is 357 g/mol. The number of nitrogens with zero attached hydrogens (tertiary/aromatic N) is 4. The topological polar surface area (TPSA) is 64.9 Å². The molecule has 3 heterocycles. The smallest absolute Gasteiger partial charge is 0.224 e. The summed E-state index contributed by atoms with van der Waals surface area (Å²) in [5.41, 5.74) is 4.04. The Labute approximate surface area is 151 Å². The fraction of sp³-hybridized carbons (Fsp3) is 0.389. The third kappa shape index (κ3) is 3.32. The first kappa shape index (κ1) is 16.3. The predicted octanol–water partition coefficient (Wildman–Crippen LogP) is 4.54. The second-order valence-electron chi connectivity index (χ2n) is 6.45. The van der Waals surface area contributed by atoms with E-state index in [-0.39, 0.29) is 11.5 Å². The Kier molecular flexibility index (Phi) is 4.31. The van der Waals surface area contributed by atoms with Gasteiger partial charge in [0.05, 0.1) is 23.6 Å². The molecule has 1 fully saturated rings. The summed E-state index contributed by atoms with van der Waals surface area (Å²) in [5.74, 6) is 0.683. The normalized spacial score (nSPS) is 17.8. The highest BCUT2D eigenvalue weighted by molar-refractivity contribution is 6.28. The minimum atomic E-state index is 0.0138. The van der Waals surface area contributed by atoms with Crippen molar-refractivity contribution in [3.8, 4) is 0 Å². The zero-order valence-corrected chi connectivity index (χ0v) is 15.0. The van der Waals surface area contributed by atoms with Crippen LogP contribution in [0, 0.1) is 13.8 Å². The summed E-state index contributed by atoms with van der Waals surface area (Å²) in [5, 5.41) is 8.90. The van der Waals surface area contributed by atoms with Crippen molar-refractivity contribution in [2.75, 3.05) is 11.9 Å². The number of hydrogen-bond donors (Lipinski definition) is 1. The molecule has 1 aromatic carbocycles. The van der Waals surface area contributed by atoms with Crippen molar-refractivity contribution in [2.45, 2.75) is 39.3 Å². The molecular formula is C18H20ClN5O. The molecule has 0 spiro atoms. The van der Waals surface area contributed by atoms with Crippen molar-refractivity contribution in [3.05, 3.63) is 40.9 Å². The van der Waals surface area contributed by atoms with Crippen LogP contribution in [0.1, 0.15) is 36.6 Å². The first-order chi connectivity index (χ1) is 12.1. The predicted molar refractivity (Wildman–Crippen MR) is 98.4 cm³/mol. The molecule has 2 aromatic heterocycles. The maximum Gasteiger partial charge on any atom is 0.224 e. The van der Waals surface area contributed by atoms with E-state index in [0.717, 1.165) is 42.5 Å². The number of anilines is 2. The van der Waals surface area contributed by atoms with Gasteiger partial charge in [0, 0.05) is 12.0 Å². The minimum Gasteiger partial charge on any atom is -0.357 e. The Bertz CT molecular complexity index is 917. The molecule has 0 saturated carbocycles. The number of rotatable bonds is 3. The van der Waals surface area contributed by atoms with Gasteiger partial charge in [0.2, 0.25) is 5.28 Å². The lowest BCUT2D eigenvalue weighted by Crippen LogP contribution is -2.18. The summed E-state index contributed by atoms with van der Waals surface area (Å²) >= 11 is 6.11. The largest absolute Gasteiger partial charge is 0.357 e. The van der Waals surface area contributed by atoms with Gasteiger partial charge in [0.1, 0.15) is 12.0 Å². The molecule has 6 nitrogen and oxygen atoms in total. The number of nitrogens with one attached hydrogen (secondary N) is 1. The third-order valence-electron chi connectivity index (χ3n) is 4.60. The van der Waals surface area contributed by atoms with E-state index in [2.05, 4.69) is 40.3 Å². The van der Waals surface area contributed by atoms with Crippen LogP contribution in [-0.2, 0) is 4.74 Å². The highest BCUT2D eigenvalue weighted by Gasteiger charge is 2.17. The number of aromatic nitrogens is 4. The van der Waals surface area contributed by atoms with E-state index in [9.17, 15) is 0 Å². The SMILES string of the molecule is Cc1cc2nc(Cl)nc(Nc3cnn(C4CCCCO4)c3)c2cc1C. The van der Waals surface area contributed by atoms with Crippen LogP contribution in [0.4, 0.5) is 11.5 Å². The van der Waals surface area contributed by atoms with Crippen molar-refractivity contribution >= 4 is 34.0 Å². The van der Waals surface area contributed by atoms with Gasteiger partial charge in [-0.25, -0.2) is 9.67 Å². The second kappa shape index (κ2) is 6.61. The van der Waals surface area contributed by atoms with Gasteiger partial charge in [0.25, 0.3) is 0 Å².